The lowest BCUT2D eigenvalue weighted by Crippen LogP contribution is -2.49. The molecule has 2 N–H and O–H groups in total. The van der Waals surface area contributed by atoms with Crippen molar-refractivity contribution in [3.63, 3.8) is 0 Å². The highest BCUT2D eigenvalue weighted by Gasteiger charge is 2.27. The van der Waals surface area contributed by atoms with E-state index in [1.54, 1.807) is 0 Å². The first-order valence-electron chi connectivity index (χ1n) is 3.65. The van der Waals surface area contributed by atoms with Crippen molar-refractivity contribution < 1.29 is 19.4 Å². The summed E-state index contributed by atoms with van der Waals surface area (Å²) in [6.45, 7) is 2.79. The number of carboxylic acids is 1. The highest BCUT2D eigenvalue weighted by Crippen LogP contribution is 2.01. The van der Waals surface area contributed by atoms with E-state index in [4.69, 9.17) is 5.11 Å². The second kappa shape index (κ2) is 4.49. The molecule has 0 radical (unpaired) electrons. The fraction of sp³-hybridized carbons (Fsp3) is 0.500. The molecule has 0 aliphatic rings. The number of carbonyl (C=O) groups is 2. The van der Waals surface area contributed by atoms with E-state index in [2.05, 4.69) is 10.1 Å². The molecule has 0 fully saturated rings. The van der Waals surface area contributed by atoms with Gasteiger partial charge in [-0.2, -0.15) is 0 Å². The van der Waals surface area contributed by atoms with Crippen LogP contribution in [0.25, 0.3) is 0 Å². The van der Waals surface area contributed by atoms with Crippen molar-refractivity contribution in [1.29, 1.82) is 0 Å². The number of rotatable bonds is 4. The minimum absolute atomic E-state index is 0.505. The smallest absolute Gasteiger partial charge is 0.328 e. The van der Waals surface area contributed by atoms with Crippen LogP contribution in [-0.2, 0) is 14.3 Å². The number of amides is 1. The summed E-state index contributed by atoms with van der Waals surface area (Å²) in [7, 11) is 1.39. The van der Waals surface area contributed by atoms with Gasteiger partial charge in [0.2, 0.25) is 5.91 Å². The zero-order chi connectivity index (χ0) is 10.5. The van der Waals surface area contributed by atoms with Crippen LogP contribution in [0.3, 0.4) is 0 Å². The lowest BCUT2D eigenvalue weighted by Gasteiger charge is -2.19. The van der Waals surface area contributed by atoms with Crippen molar-refractivity contribution in [3.05, 3.63) is 12.3 Å². The summed E-state index contributed by atoms with van der Waals surface area (Å²) >= 11 is 0. The minimum Gasteiger partial charge on any atom is -0.504 e. The van der Waals surface area contributed by atoms with Crippen molar-refractivity contribution in [2.24, 2.45) is 0 Å². The summed E-state index contributed by atoms with van der Waals surface area (Å²) in [6.07, 6.45) is 2.29. The van der Waals surface area contributed by atoms with Crippen molar-refractivity contribution in [2.45, 2.75) is 19.4 Å². The van der Waals surface area contributed by atoms with Gasteiger partial charge in [-0.05, 0) is 13.8 Å². The van der Waals surface area contributed by atoms with E-state index < -0.39 is 17.4 Å². The summed E-state index contributed by atoms with van der Waals surface area (Å²) in [5.74, 6) is -1.60. The zero-order valence-corrected chi connectivity index (χ0v) is 7.83. The van der Waals surface area contributed by atoms with Crippen molar-refractivity contribution >= 4 is 11.9 Å². The molecular weight excluding hydrogens is 174 g/mol. The number of methoxy groups -OCH3 is 1. The molecule has 5 heteroatoms. The molecule has 0 rings (SSSR count). The maximum atomic E-state index is 11.0. The molecule has 13 heavy (non-hydrogen) atoms. The highest BCUT2D eigenvalue weighted by atomic mass is 16.5. The van der Waals surface area contributed by atoms with Crippen LogP contribution in [0.15, 0.2) is 12.3 Å². The van der Waals surface area contributed by atoms with Gasteiger partial charge in [0.1, 0.15) is 5.54 Å². The summed E-state index contributed by atoms with van der Waals surface area (Å²) < 4.78 is 4.50. The molecule has 0 aromatic carbocycles. The molecular formula is C8H13NO4. The summed E-state index contributed by atoms with van der Waals surface area (Å²) in [4.78, 5) is 21.5. The number of hydrogen-bond acceptors (Lipinski definition) is 3. The summed E-state index contributed by atoms with van der Waals surface area (Å²) in [6, 6.07) is 0. The van der Waals surface area contributed by atoms with E-state index in [-0.39, 0.29) is 0 Å². The fourth-order valence-corrected chi connectivity index (χ4v) is 0.533. The molecule has 0 spiro atoms. The third kappa shape index (κ3) is 4.15. The van der Waals surface area contributed by atoms with E-state index in [0.29, 0.717) is 0 Å². The van der Waals surface area contributed by atoms with Gasteiger partial charge in [0.15, 0.2) is 0 Å². The Bertz CT molecular complexity index is 232. The Labute approximate surface area is 76.4 Å². The fourth-order valence-electron chi connectivity index (χ4n) is 0.533. The van der Waals surface area contributed by atoms with Gasteiger partial charge in [0.05, 0.1) is 13.4 Å². The summed E-state index contributed by atoms with van der Waals surface area (Å²) in [5, 5.41) is 10.9. The lowest BCUT2D eigenvalue weighted by molar-refractivity contribution is -0.145. The SMILES string of the molecule is CO/C=C\C(=O)NC(C)(C)C(=O)O. The van der Waals surface area contributed by atoms with Gasteiger partial charge in [0.25, 0.3) is 0 Å². The predicted molar refractivity (Wildman–Crippen MR) is 46.0 cm³/mol. The molecule has 74 valence electrons. The Morgan fingerprint density at radius 2 is 2.00 bits per heavy atom. The molecule has 0 aliphatic carbocycles. The van der Waals surface area contributed by atoms with Crippen molar-refractivity contribution in [2.75, 3.05) is 7.11 Å². The van der Waals surface area contributed by atoms with Crippen LogP contribution in [0.4, 0.5) is 0 Å². The molecule has 0 unspecified atom stereocenters. The number of carbonyl (C=O) groups excluding carboxylic acids is 1. The Morgan fingerprint density at radius 3 is 2.38 bits per heavy atom. The van der Waals surface area contributed by atoms with Crippen LogP contribution in [0.5, 0.6) is 0 Å². The largest absolute Gasteiger partial charge is 0.504 e. The first-order valence-corrected chi connectivity index (χ1v) is 3.65. The van der Waals surface area contributed by atoms with Crippen LogP contribution in [-0.4, -0.2) is 29.6 Å². The van der Waals surface area contributed by atoms with Crippen LogP contribution in [0.2, 0.25) is 0 Å². The Hall–Kier alpha value is -1.52. The summed E-state index contributed by atoms with van der Waals surface area (Å²) in [5.41, 5.74) is -1.27. The monoisotopic (exact) mass is 187 g/mol. The number of ether oxygens (including phenoxy) is 1. The third-order valence-corrected chi connectivity index (χ3v) is 1.33. The number of nitrogens with one attached hydrogen (secondary N) is 1. The molecule has 0 saturated heterocycles. The number of carboxylic acid groups (broad SMARTS) is 1. The lowest BCUT2D eigenvalue weighted by atomic mass is 10.1. The molecule has 5 nitrogen and oxygen atoms in total. The van der Waals surface area contributed by atoms with E-state index in [1.807, 2.05) is 0 Å². The average Bonchev–Trinajstić information content (AvgIpc) is 1.99. The highest BCUT2D eigenvalue weighted by molar-refractivity contribution is 5.92. The van der Waals surface area contributed by atoms with Gasteiger partial charge in [-0.25, -0.2) is 4.79 Å². The standard InChI is InChI=1S/C8H13NO4/c1-8(2,7(11)12)9-6(10)4-5-13-3/h4-5H,1-3H3,(H,9,10)(H,11,12)/b5-4-. The quantitative estimate of drug-likeness (QED) is 0.484. The average molecular weight is 187 g/mol. The topological polar surface area (TPSA) is 75.6 Å². The first kappa shape index (κ1) is 11.5. The van der Waals surface area contributed by atoms with Gasteiger partial charge >= 0.3 is 5.97 Å². The van der Waals surface area contributed by atoms with Crippen LogP contribution in [0, 0.1) is 0 Å². The van der Waals surface area contributed by atoms with E-state index in [1.165, 1.54) is 27.2 Å². The van der Waals surface area contributed by atoms with Gasteiger partial charge in [-0.3, -0.25) is 4.79 Å². The van der Waals surface area contributed by atoms with E-state index in [0.717, 1.165) is 6.08 Å². The van der Waals surface area contributed by atoms with Crippen molar-refractivity contribution in [3.8, 4) is 0 Å². The molecule has 0 aliphatic heterocycles. The van der Waals surface area contributed by atoms with Gasteiger partial charge < -0.3 is 15.2 Å². The number of aliphatic carboxylic acids is 1. The molecule has 0 aromatic rings. The van der Waals surface area contributed by atoms with Gasteiger partial charge in [-0.1, -0.05) is 0 Å². The zero-order valence-electron chi connectivity index (χ0n) is 7.83. The van der Waals surface area contributed by atoms with Gasteiger partial charge in [-0.15, -0.1) is 0 Å². The minimum atomic E-state index is -1.27. The molecule has 0 aromatic heterocycles. The Kier molecular flexibility index (Phi) is 3.97. The van der Waals surface area contributed by atoms with E-state index >= 15 is 0 Å². The van der Waals surface area contributed by atoms with Crippen LogP contribution >= 0.6 is 0 Å². The van der Waals surface area contributed by atoms with Gasteiger partial charge in [0, 0.05) is 6.08 Å². The molecule has 0 heterocycles. The predicted octanol–water partition coefficient (Wildman–Crippen LogP) is 0.126. The van der Waals surface area contributed by atoms with Crippen LogP contribution < -0.4 is 5.32 Å². The maximum absolute atomic E-state index is 11.0. The Balaban J connectivity index is 4.20. The molecule has 0 saturated carbocycles. The maximum Gasteiger partial charge on any atom is 0.328 e. The third-order valence-electron chi connectivity index (χ3n) is 1.33. The van der Waals surface area contributed by atoms with Crippen LogP contribution in [0.1, 0.15) is 13.8 Å². The molecule has 1 amide bonds. The van der Waals surface area contributed by atoms with E-state index in [9.17, 15) is 9.59 Å². The molecule has 0 bridgehead atoms. The second-order valence-electron chi connectivity index (χ2n) is 2.96. The second-order valence-corrected chi connectivity index (χ2v) is 2.96. The normalized spacial score (nSPS) is 11.3. The molecule has 0 atom stereocenters. The first-order chi connectivity index (χ1) is 5.90. The van der Waals surface area contributed by atoms with Crippen molar-refractivity contribution in [1.82, 2.24) is 5.32 Å². The Morgan fingerprint density at radius 1 is 1.46 bits per heavy atom. The number of hydrogen-bond donors (Lipinski definition) is 2.